The van der Waals surface area contributed by atoms with Gasteiger partial charge in [0.15, 0.2) is 5.65 Å². The van der Waals surface area contributed by atoms with Crippen LogP contribution < -0.4 is 15.5 Å². The van der Waals surface area contributed by atoms with Crippen LogP contribution in [0.15, 0.2) is 42.9 Å². The van der Waals surface area contributed by atoms with E-state index in [9.17, 15) is 0 Å². The Morgan fingerprint density at radius 3 is 2.62 bits per heavy atom. The van der Waals surface area contributed by atoms with E-state index >= 15 is 0 Å². The van der Waals surface area contributed by atoms with Crippen LogP contribution in [-0.4, -0.2) is 46.6 Å². The number of fused-ring (bicyclic) bond motifs is 1. The van der Waals surface area contributed by atoms with E-state index in [0.29, 0.717) is 5.56 Å². The standard InChI is InChI=1S/C21H22IN7/c22-17-12-26-20(29-10-7-25-19(17)29)27-8-5-21(6-9-27)14-28(13-18(21)24)16-3-1-15(11-23)2-4-16/h1-4,7,10,12,18H,5-6,8-9,13-14,24H2. The first-order chi connectivity index (χ1) is 14.1. The zero-order valence-electron chi connectivity index (χ0n) is 16.0. The summed E-state index contributed by atoms with van der Waals surface area (Å²) in [6, 6.07) is 10.2. The molecule has 1 spiro atoms. The first kappa shape index (κ1) is 18.6. The zero-order valence-corrected chi connectivity index (χ0v) is 18.2. The molecule has 2 aliphatic rings. The topological polar surface area (TPSA) is 86.5 Å². The highest BCUT2D eigenvalue weighted by atomic mass is 127. The van der Waals surface area contributed by atoms with Gasteiger partial charge in [-0.25, -0.2) is 9.97 Å². The quantitative estimate of drug-likeness (QED) is 0.546. The van der Waals surface area contributed by atoms with Gasteiger partial charge in [0.2, 0.25) is 5.95 Å². The van der Waals surface area contributed by atoms with Gasteiger partial charge in [-0.15, -0.1) is 0 Å². The molecule has 7 nitrogen and oxygen atoms in total. The van der Waals surface area contributed by atoms with E-state index in [1.54, 1.807) is 0 Å². The smallest absolute Gasteiger partial charge is 0.211 e. The SMILES string of the molecule is N#Cc1ccc(N2CC(N)C3(CCN(c4ncc(I)c5nccn45)CC3)C2)cc1. The monoisotopic (exact) mass is 499 g/mol. The Hall–Kier alpha value is -2.38. The first-order valence-corrected chi connectivity index (χ1v) is 10.9. The Morgan fingerprint density at radius 1 is 1.14 bits per heavy atom. The van der Waals surface area contributed by atoms with Crippen LogP contribution in [0.3, 0.4) is 0 Å². The van der Waals surface area contributed by atoms with Crippen molar-refractivity contribution in [3.05, 3.63) is 52.0 Å². The Balaban J connectivity index is 1.33. The van der Waals surface area contributed by atoms with Crippen LogP contribution in [0.25, 0.3) is 5.65 Å². The number of nitrogens with two attached hydrogens (primary N) is 1. The third-order valence-electron chi connectivity index (χ3n) is 6.48. The van der Waals surface area contributed by atoms with E-state index in [2.05, 4.69) is 52.8 Å². The second-order valence-electron chi connectivity index (χ2n) is 8.02. The molecule has 2 fully saturated rings. The number of imidazole rings is 1. The van der Waals surface area contributed by atoms with Crippen molar-refractivity contribution < 1.29 is 0 Å². The Labute approximate surface area is 183 Å². The molecule has 1 aromatic carbocycles. The largest absolute Gasteiger partial charge is 0.369 e. The molecule has 8 heteroatoms. The van der Waals surface area contributed by atoms with Crippen molar-refractivity contribution in [1.29, 1.82) is 5.26 Å². The molecule has 29 heavy (non-hydrogen) atoms. The summed E-state index contributed by atoms with van der Waals surface area (Å²) in [4.78, 5) is 13.9. The molecule has 0 bridgehead atoms. The van der Waals surface area contributed by atoms with Crippen LogP contribution in [-0.2, 0) is 0 Å². The van der Waals surface area contributed by atoms with Crippen LogP contribution in [0, 0.1) is 20.3 Å². The molecule has 4 heterocycles. The number of hydrogen-bond donors (Lipinski definition) is 1. The van der Waals surface area contributed by atoms with Crippen LogP contribution in [0.2, 0.25) is 0 Å². The molecule has 1 atom stereocenters. The third-order valence-corrected chi connectivity index (χ3v) is 7.24. The van der Waals surface area contributed by atoms with E-state index in [1.165, 1.54) is 0 Å². The lowest BCUT2D eigenvalue weighted by molar-refractivity contribution is 0.220. The lowest BCUT2D eigenvalue weighted by atomic mass is 9.75. The molecular weight excluding hydrogens is 477 g/mol. The van der Waals surface area contributed by atoms with Gasteiger partial charge in [-0.05, 0) is 59.7 Å². The number of anilines is 2. The minimum atomic E-state index is 0.127. The molecule has 0 radical (unpaired) electrons. The summed E-state index contributed by atoms with van der Waals surface area (Å²) in [5.41, 5.74) is 9.59. The molecule has 0 saturated carbocycles. The van der Waals surface area contributed by atoms with Gasteiger partial charge in [-0.2, -0.15) is 5.26 Å². The maximum atomic E-state index is 9.02. The van der Waals surface area contributed by atoms with Crippen LogP contribution in [0.4, 0.5) is 11.6 Å². The normalized spacial score (nSPS) is 21.1. The summed E-state index contributed by atoms with van der Waals surface area (Å²) in [5.74, 6) is 0.961. The molecule has 2 aliphatic heterocycles. The van der Waals surface area contributed by atoms with Crippen molar-refractivity contribution in [3.63, 3.8) is 0 Å². The van der Waals surface area contributed by atoms with Gasteiger partial charge in [-0.1, -0.05) is 0 Å². The van der Waals surface area contributed by atoms with Crippen molar-refractivity contribution in [2.45, 2.75) is 18.9 Å². The van der Waals surface area contributed by atoms with Crippen LogP contribution >= 0.6 is 22.6 Å². The Morgan fingerprint density at radius 2 is 1.90 bits per heavy atom. The van der Waals surface area contributed by atoms with Gasteiger partial charge < -0.3 is 15.5 Å². The predicted molar refractivity (Wildman–Crippen MR) is 121 cm³/mol. The highest BCUT2D eigenvalue weighted by molar-refractivity contribution is 14.1. The van der Waals surface area contributed by atoms with E-state index < -0.39 is 0 Å². The molecule has 3 aromatic rings. The fourth-order valence-electron chi connectivity index (χ4n) is 4.73. The lowest BCUT2D eigenvalue weighted by Crippen LogP contribution is -2.49. The van der Waals surface area contributed by atoms with Crippen molar-refractivity contribution in [2.75, 3.05) is 36.0 Å². The molecule has 5 rings (SSSR count). The average Bonchev–Trinajstić information content (AvgIpc) is 3.36. The number of aromatic nitrogens is 3. The van der Waals surface area contributed by atoms with Gasteiger partial charge >= 0.3 is 0 Å². The summed E-state index contributed by atoms with van der Waals surface area (Å²) >= 11 is 2.28. The molecule has 148 valence electrons. The van der Waals surface area contributed by atoms with Crippen molar-refractivity contribution in [1.82, 2.24) is 14.4 Å². The molecule has 1 unspecified atom stereocenters. The minimum absolute atomic E-state index is 0.127. The van der Waals surface area contributed by atoms with E-state index in [4.69, 9.17) is 11.0 Å². The van der Waals surface area contributed by atoms with Crippen molar-refractivity contribution in [2.24, 2.45) is 11.1 Å². The predicted octanol–water partition coefficient (Wildman–Crippen LogP) is 2.64. The Bertz CT molecular complexity index is 1080. The Kier molecular flexibility index (Phi) is 4.59. The van der Waals surface area contributed by atoms with Gasteiger partial charge in [0, 0.05) is 61.9 Å². The van der Waals surface area contributed by atoms with Gasteiger partial charge in [0.05, 0.1) is 15.2 Å². The first-order valence-electron chi connectivity index (χ1n) is 9.83. The number of nitrogens with zero attached hydrogens (tertiary/aromatic N) is 6. The van der Waals surface area contributed by atoms with E-state index in [-0.39, 0.29) is 11.5 Å². The van der Waals surface area contributed by atoms with Crippen molar-refractivity contribution >= 4 is 39.9 Å². The fourth-order valence-corrected chi connectivity index (χ4v) is 5.27. The zero-order chi connectivity index (χ0) is 20.0. The third kappa shape index (κ3) is 3.13. The second kappa shape index (κ2) is 7.15. The molecule has 0 amide bonds. The molecule has 2 saturated heterocycles. The fraction of sp³-hybridized carbons (Fsp3) is 0.381. The second-order valence-corrected chi connectivity index (χ2v) is 9.18. The summed E-state index contributed by atoms with van der Waals surface area (Å²) in [6.45, 7) is 3.71. The molecule has 2 aromatic heterocycles. The van der Waals surface area contributed by atoms with Crippen LogP contribution in [0.5, 0.6) is 0 Å². The summed E-state index contributed by atoms with van der Waals surface area (Å²) < 4.78 is 3.14. The summed E-state index contributed by atoms with van der Waals surface area (Å²) in [5, 5.41) is 9.02. The summed E-state index contributed by atoms with van der Waals surface area (Å²) in [6.07, 6.45) is 7.81. The molecule has 2 N–H and O–H groups in total. The minimum Gasteiger partial charge on any atom is -0.369 e. The van der Waals surface area contributed by atoms with E-state index in [1.807, 2.05) is 42.9 Å². The number of halogens is 1. The number of piperidine rings is 1. The number of nitriles is 1. The van der Waals surface area contributed by atoms with Crippen molar-refractivity contribution in [3.8, 4) is 6.07 Å². The van der Waals surface area contributed by atoms with E-state index in [0.717, 1.165) is 59.9 Å². The number of rotatable bonds is 2. The molecular formula is C21H22IN7. The van der Waals surface area contributed by atoms with Gasteiger partial charge in [0.25, 0.3) is 0 Å². The maximum absolute atomic E-state index is 9.02. The highest BCUT2D eigenvalue weighted by Gasteiger charge is 2.46. The van der Waals surface area contributed by atoms with Gasteiger partial charge in [-0.3, -0.25) is 4.40 Å². The molecule has 0 aliphatic carbocycles. The highest BCUT2D eigenvalue weighted by Crippen LogP contribution is 2.42. The average molecular weight is 499 g/mol. The van der Waals surface area contributed by atoms with Crippen LogP contribution in [0.1, 0.15) is 18.4 Å². The maximum Gasteiger partial charge on any atom is 0.211 e. The number of hydrogen-bond acceptors (Lipinski definition) is 6. The van der Waals surface area contributed by atoms with Gasteiger partial charge in [0.1, 0.15) is 0 Å². The lowest BCUT2D eigenvalue weighted by Gasteiger charge is -2.41. The summed E-state index contributed by atoms with van der Waals surface area (Å²) in [7, 11) is 0. The number of benzene rings is 1.